The minimum Gasteiger partial charge on any atom is -0.495 e. The summed E-state index contributed by atoms with van der Waals surface area (Å²) in [6.45, 7) is 0.649. The van der Waals surface area contributed by atoms with Crippen LogP contribution in [0.2, 0.25) is 5.02 Å². The highest BCUT2D eigenvalue weighted by molar-refractivity contribution is 6.32. The zero-order valence-corrected chi connectivity index (χ0v) is 19.6. The fourth-order valence-corrected chi connectivity index (χ4v) is 4.13. The van der Waals surface area contributed by atoms with E-state index in [1.54, 1.807) is 25.3 Å². The average Bonchev–Trinajstić information content (AvgIpc) is 2.83. The Morgan fingerprint density at radius 1 is 1.21 bits per heavy atom. The third-order valence-electron chi connectivity index (χ3n) is 5.81. The highest BCUT2D eigenvalue weighted by Gasteiger charge is 2.33. The van der Waals surface area contributed by atoms with E-state index >= 15 is 0 Å². The number of aliphatic hydroxyl groups is 1. The van der Waals surface area contributed by atoms with Gasteiger partial charge in [-0.2, -0.15) is 5.26 Å². The summed E-state index contributed by atoms with van der Waals surface area (Å²) < 4.78 is 18.3. The summed E-state index contributed by atoms with van der Waals surface area (Å²) in [4.78, 5) is 2.00. The average molecular weight is 492 g/mol. The van der Waals surface area contributed by atoms with E-state index in [2.05, 4.69) is 21.6 Å². The Morgan fingerprint density at radius 2 is 1.97 bits per heavy atom. The Balaban J connectivity index is 0.00000306. The minimum atomic E-state index is -1.27. The maximum absolute atomic E-state index is 13.1. The van der Waals surface area contributed by atoms with Gasteiger partial charge in [-0.05, 0) is 48.7 Å². The Hall–Kier alpha value is -2.86. The topological polar surface area (TPSA) is 94.3 Å². The maximum Gasteiger partial charge on any atom is 0.159 e. The molecule has 3 aromatic rings. The fourth-order valence-electron chi connectivity index (χ4n) is 3.85. The van der Waals surface area contributed by atoms with Crippen LogP contribution >= 0.6 is 24.0 Å². The monoisotopic (exact) mass is 491 g/mol. The smallest absolute Gasteiger partial charge is 0.159 e. The van der Waals surface area contributed by atoms with Crippen LogP contribution in [0.1, 0.15) is 24.0 Å². The largest absolute Gasteiger partial charge is 0.495 e. The van der Waals surface area contributed by atoms with Gasteiger partial charge in [-0.1, -0.05) is 17.7 Å². The molecule has 0 atom stereocenters. The predicted octanol–water partition coefficient (Wildman–Crippen LogP) is 4.50. The second-order valence-corrected chi connectivity index (χ2v) is 8.32. The van der Waals surface area contributed by atoms with Crippen LogP contribution in [0.5, 0.6) is 5.75 Å². The van der Waals surface area contributed by atoms with Gasteiger partial charge in [0.25, 0.3) is 0 Å². The molecule has 0 saturated carbocycles. The first kappa shape index (κ1) is 24.8. The van der Waals surface area contributed by atoms with Crippen LogP contribution in [0.25, 0.3) is 10.8 Å². The summed E-state index contributed by atoms with van der Waals surface area (Å²) >= 11 is 6.22. The van der Waals surface area contributed by atoms with Crippen LogP contribution in [0, 0.1) is 11.3 Å². The molecule has 2 N–H and O–H groups in total. The molecule has 7 nitrogen and oxygen atoms in total. The summed E-state index contributed by atoms with van der Waals surface area (Å²) in [5.74, 6) is 1.80. The van der Waals surface area contributed by atoms with Gasteiger partial charge >= 0.3 is 0 Å². The third kappa shape index (κ3) is 5.22. The molecular formula is C23H24Cl2FN5O2. The van der Waals surface area contributed by atoms with Crippen molar-refractivity contribution in [3.05, 3.63) is 52.5 Å². The normalized spacial score (nSPS) is 14.9. The second-order valence-electron chi connectivity index (χ2n) is 7.91. The molecule has 1 aliphatic rings. The number of nitriles is 1. The molecule has 0 aliphatic carbocycles. The maximum atomic E-state index is 13.1. The van der Waals surface area contributed by atoms with E-state index < -0.39 is 12.3 Å². The number of piperidine rings is 1. The Morgan fingerprint density at radius 3 is 2.61 bits per heavy atom. The van der Waals surface area contributed by atoms with Gasteiger partial charge in [0, 0.05) is 30.4 Å². The zero-order chi connectivity index (χ0) is 22.7. The van der Waals surface area contributed by atoms with Crippen LogP contribution in [-0.4, -0.2) is 47.8 Å². The van der Waals surface area contributed by atoms with E-state index in [1.165, 1.54) is 0 Å². The molecule has 1 fully saturated rings. The van der Waals surface area contributed by atoms with Crippen molar-refractivity contribution in [2.24, 2.45) is 0 Å². The summed E-state index contributed by atoms with van der Waals surface area (Å²) in [6, 6.07) is 13.1. The summed E-state index contributed by atoms with van der Waals surface area (Å²) in [5.41, 5.74) is 0.180. The lowest BCUT2D eigenvalue weighted by Crippen LogP contribution is -2.46. The van der Waals surface area contributed by atoms with Gasteiger partial charge in [0.1, 0.15) is 12.4 Å². The molecule has 0 radical (unpaired) electrons. The van der Waals surface area contributed by atoms with Crippen LogP contribution in [-0.2, 0) is 6.54 Å². The molecule has 174 valence electrons. The molecule has 0 bridgehead atoms. The standard InChI is InChI=1S/C23H23ClFN5O2.ClH/c1-32-20-5-3-16(11-19(20)24)13-27-21-18-10-15(12-26)2-4-17(18)22(29-28-21)30-8-6-23(31,14-25)7-9-30;/h2-5,10-11,31H,6-9,13-14H2,1H3,(H,27,28);1H. The van der Waals surface area contributed by atoms with E-state index in [1.807, 2.05) is 23.1 Å². The van der Waals surface area contributed by atoms with Crippen LogP contribution in [0.4, 0.5) is 16.0 Å². The van der Waals surface area contributed by atoms with Gasteiger partial charge < -0.3 is 20.1 Å². The van der Waals surface area contributed by atoms with Crippen molar-refractivity contribution in [2.45, 2.75) is 25.0 Å². The predicted molar refractivity (Wildman–Crippen MR) is 129 cm³/mol. The van der Waals surface area contributed by atoms with Crippen molar-refractivity contribution in [1.29, 1.82) is 5.26 Å². The molecule has 4 rings (SSSR count). The number of fused-ring (bicyclic) bond motifs is 1. The fraction of sp³-hybridized carbons (Fsp3) is 0.348. The van der Waals surface area contributed by atoms with Gasteiger partial charge in [0.05, 0.1) is 29.4 Å². The molecule has 0 unspecified atom stereocenters. The number of methoxy groups -OCH3 is 1. The molecular weight excluding hydrogens is 468 g/mol. The lowest BCUT2D eigenvalue weighted by molar-refractivity contribution is -0.00611. The first-order valence-corrected chi connectivity index (χ1v) is 10.6. The number of nitrogens with one attached hydrogen (secondary N) is 1. The molecule has 1 aliphatic heterocycles. The second kappa shape index (κ2) is 10.4. The van der Waals surface area contributed by atoms with Gasteiger partial charge in [-0.15, -0.1) is 22.6 Å². The van der Waals surface area contributed by atoms with Crippen molar-refractivity contribution in [2.75, 3.05) is 37.1 Å². The highest BCUT2D eigenvalue weighted by atomic mass is 35.5. The number of nitrogens with zero attached hydrogens (tertiary/aromatic N) is 4. The van der Waals surface area contributed by atoms with Gasteiger partial charge in [-0.3, -0.25) is 0 Å². The number of benzene rings is 2. The molecule has 1 aromatic heterocycles. The number of hydrogen-bond acceptors (Lipinski definition) is 7. The van der Waals surface area contributed by atoms with Crippen molar-refractivity contribution in [3.8, 4) is 11.8 Å². The molecule has 33 heavy (non-hydrogen) atoms. The SMILES string of the molecule is COc1ccc(CNc2nnc(N3CCC(O)(CF)CC3)c3ccc(C#N)cc23)cc1Cl.Cl. The van der Waals surface area contributed by atoms with Crippen molar-refractivity contribution >= 4 is 46.4 Å². The molecule has 10 heteroatoms. The zero-order valence-electron chi connectivity index (χ0n) is 18.0. The van der Waals surface area contributed by atoms with E-state index in [4.69, 9.17) is 16.3 Å². The summed E-state index contributed by atoms with van der Waals surface area (Å²) in [5, 5.41) is 33.8. The molecule has 0 spiro atoms. The van der Waals surface area contributed by atoms with E-state index in [0.717, 1.165) is 16.3 Å². The molecule has 2 aromatic carbocycles. The Kier molecular flexibility index (Phi) is 7.80. The quantitative estimate of drug-likeness (QED) is 0.524. The van der Waals surface area contributed by atoms with Gasteiger partial charge in [0.15, 0.2) is 11.6 Å². The third-order valence-corrected chi connectivity index (χ3v) is 6.10. The molecule has 2 heterocycles. The number of aromatic nitrogens is 2. The van der Waals surface area contributed by atoms with Gasteiger partial charge in [0.2, 0.25) is 0 Å². The van der Waals surface area contributed by atoms with Gasteiger partial charge in [-0.25, -0.2) is 4.39 Å². The van der Waals surface area contributed by atoms with E-state index in [0.29, 0.717) is 60.4 Å². The first-order valence-electron chi connectivity index (χ1n) is 10.3. The Bertz CT molecular complexity index is 1180. The number of hydrogen-bond donors (Lipinski definition) is 2. The summed E-state index contributed by atoms with van der Waals surface area (Å²) in [6.07, 6.45) is 0.641. The molecule has 1 saturated heterocycles. The number of halogens is 3. The Labute approximate surface area is 202 Å². The van der Waals surface area contributed by atoms with Crippen molar-refractivity contribution < 1.29 is 14.2 Å². The number of rotatable bonds is 6. The van der Waals surface area contributed by atoms with Crippen molar-refractivity contribution in [1.82, 2.24) is 10.2 Å². The van der Waals surface area contributed by atoms with Crippen molar-refractivity contribution in [3.63, 3.8) is 0 Å². The number of ether oxygens (including phenoxy) is 1. The number of alkyl halides is 1. The highest BCUT2D eigenvalue weighted by Crippen LogP contribution is 2.33. The lowest BCUT2D eigenvalue weighted by Gasteiger charge is -2.37. The van der Waals surface area contributed by atoms with Crippen LogP contribution < -0.4 is 15.0 Å². The van der Waals surface area contributed by atoms with Crippen LogP contribution in [0.3, 0.4) is 0 Å². The molecule has 0 amide bonds. The summed E-state index contributed by atoms with van der Waals surface area (Å²) in [7, 11) is 1.57. The number of anilines is 2. The lowest BCUT2D eigenvalue weighted by atomic mass is 9.93. The first-order chi connectivity index (χ1) is 15.5. The van der Waals surface area contributed by atoms with Crippen LogP contribution in [0.15, 0.2) is 36.4 Å². The van der Waals surface area contributed by atoms with E-state index in [9.17, 15) is 14.8 Å². The minimum absolute atomic E-state index is 0. The van der Waals surface area contributed by atoms with E-state index in [-0.39, 0.29) is 12.4 Å².